The van der Waals surface area contributed by atoms with Gasteiger partial charge in [-0.3, -0.25) is 4.79 Å². The molecule has 7 heteroatoms. The molecule has 4 aromatic rings. The lowest BCUT2D eigenvalue weighted by Crippen LogP contribution is -2.12. The molecule has 0 aliphatic carbocycles. The minimum atomic E-state index is -0.487. The van der Waals surface area contributed by atoms with Gasteiger partial charge >= 0.3 is 0 Å². The van der Waals surface area contributed by atoms with Crippen molar-refractivity contribution in [1.29, 1.82) is 0 Å². The minimum absolute atomic E-state index is 0.131. The van der Waals surface area contributed by atoms with Crippen LogP contribution in [0.4, 0.5) is 21.5 Å². The number of amides is 1. The Labute approximate surface area is 172 Å². The molecule has 5 nitrogen and oxygen atoms in total. The zero-order valence-corrected chi connectivity index (χ0v) is 16.3. The number of benzene rings is 3. The summed E-state index contributed by atoms with van der Waals surface area (Å²) in [7, 11) is 1.81. The zero-order valence-electron chi connectivity index (χ0n) is 15.6. The first-order valence-electron chi connectivity index (χ1n) is 8.74. The first-order valence-corrected chi connectivity index (χ1v) is 9.12. The Morgan fingerprint density at radius 2 is 1.79 bits per heavy atom. The summed E-state index contributed by atoms with van der Waals surface area (Å²) in [4.78, 5) is 12.2. The number of carbonyl (C=O) groups is 1. The summed E-state index contributed by atoms with van der Waals surface area (Å²) in [5.74, 6) is -0.834. The maximum absolute atomic E-state index is 13.2. The third-order valence-corrected chi connectivity index (χ3v) is 4.28. The van der Waals surface area contributed by atoms with Crippen LogP contribution in [0.3, 0.4) is 0 Å². The van der Waals surface area contributed by atoms with Gasteiger partial charge in [-0.2, -0.15) is 0 Å². The largest absolute Gasteiger partial charge is 0.451 e. The van der Waals surface area contributed by atoms with Crippen molar-refractivity contribution in [2.45, 2.75) is 0 Å². The fraction of sp³-hybridized carbons (Fsp3) is 0.0455. The summed E-state index contributed by atoms with van der Waals surface area (Å²) < 4.78 is 18.7. The van der Waals surface area contributed by atoms with Crippen LogP contribution in [0, 0.1) is 5.82 Å². The fourth-order valence-corrected chi connectivity index (χ4v) is 2.69. The molecule has 0 unspecified atom stereocenters. The van der Waals surface area contributed by atoms with E-state index in [9.17, 15) is 9.18 Å². The Balaban J connectivity index is 0.000000290. The zero-order chi connectivity index (χ0) is 20.8. The summed E-state index contributed by atoms with van der Waals surface area (Å²) in [6, 6.07) is 20.3. The van der Waals surface area contributed by atoms with Crippen LogP contribution in [0.15, 0.2) is 77.2 Å². The lowest BCUT2D eigenvalue weighted by Gasteiger charge is -2.06. The summed E-state index contributed by atoms with van der Waals surface area (Å²) in [6.07, 6.45) is 0. The highest BCUT2D eigenvalue weighted by Crippen LogP contribution is 2.25. The van der Waals surface area contributed by atoms with Crippen molar-refractivity contribution in [3.63, 3.8) is 0 Å². The normalized spacial score (nSPS) is 10.2. The number of anilines is 3. The van der Waals surface area contributed by atoms with Gasteiger partial charge in [-0.25, -0.2) is 4.39 Å². The quantitative estimate of drug-likeness (QED) is 0.373. The van der Waals surface area contributed by atoms with Gasteiger partial charge in [0.15, 0.2) is 5.76 Å². The van der Waals surface area contributed by atoms with E-state index in [1.54, 1.807) is 12.1 Å². The molecule has 29 heavy (non-hydrogen) atoms. The number of hydrogen-bond acceptors (Lipinski definition) is 4. The molecule has 4 rings (SSSR count). The Kier molecular flexibility index (Phi) is 6.36. The van der Waals surface area contributed by atoms with Crippen molar-refractivity contribution in [2.75, 3.05) is 23.4 Å². The average molecular weight is 412 g/mol. The molecule has 0 spiro atoms. The van der Waals surface area contributed by atoms with Crippen LogP contribution < -0.4 is 16.4 Å². The van der Waals surface area contributed by atoms with Crippen molar-refractivity contribution in [3.05, 3.63) is 89.4 Å². The molecular formula is C22H19ClFN3O2. The Morgan fingerprint density at radius 1 is 1.03 bits per heavy atom. The number of hydrogen-bond donors (Lipinski definition) is 3. The van der Waals surface area contributed by atoms with Crippen LogP contribution in [-0.4, -0.2) is 13.0 Å². The van der Waals surface area contributed by atoms with Gasteiger partial charge in [0.25, 0.3) is 5.91 Å². The van der Waals surface area contributed by atoms with Crippen molar-refractivity contribution in [1.82, 2.24) is 0 Å². The van der Waals surface area contributed by atoms with Gasteiger partial charge in [0, 0.05) is 23.1 Å². The molecule has 1 heterocycles. The van der Waals surface area contributed by atoms with Gasteiger partial charge < -0.3 is 20.8 Å². The molecule has 0 bridgehead atoms. The maximum Gasteiger partial charge on any atom is 0.291 e. The molecule has 0 radical (unpaired) electrons. The van der Waals surface area contributed by atoms with Crippen LogP contribution in [0.1, 0.15) is 10.6 Å². The highest BCUT2D eigenvalue weighted by molar-refractivity contribution is 6.30. The summed E-state index contributed by atoms with van der Waals surface area (Å²) >= 11 is 5.54. The van der Waals surface area contributed by atoms with Gasteiger partial charge in [-0.1, -0.05) is 29.8 Å². The van der Waals surface area contributed by atoms with E-state index >= 15 is 0 Å². The van der Waals surface area contributed by atoms with Crippen molar-refractivity contribution in [3.8, 4) is 0 Å². The van der Waals surface area contributed by atoms with Gasteiger partial charge in [0.1, 0.15) is 11.4 Å². The van der Waals surface area contributed by atoms with E-state index in [4.69, 9.17) is 21.8 Å². The molecule has 1 aromatic heterocycles. The summed E-state index contributed by atoms with van der Waals surface area (Å²) in [5.41, 5.74) is 7.70. The summed E-state index contributed by atoms with van der Waals surface area (Å²) in [6.45, 7) is 0. The highest BCUT2D eigenvalue weighted by atomic mass is 35.5. The third-order valence-electron chi connectivity index (χ3n) is 4.03. The van der Waals surface area contributed by atoms with Gasteiger partial charge in [-0.15, -0.1) is 0 Å². The number of rotatable bonds is 3. The molecule has 148 valence electrons. The predicted octanol–water partition coefficient (Wildman–Crippen LogP) is 5.79. The van der Waals surface area contributed by atoms with Crippen LogP contribution in [0.25, 0.3) is 11.0 Å². The molecule has 0 aliphatic heterocycles. The predicted molar refractivity (Wildman–Crippen MR) is 116 cm³/mol. The van der Waals surface area contributed by atoms with E-state index in [0.717, 1.165) is 22.2 Å². The van der Waals surface area contributed by atoms with Crippen LogP contribution in [0.5, 0.6) is 0 Å². The van der Waals surface area contributed by atoms with Gasteiger partial charge in [0.2, 0.25) is 0 Å². The number of furan rings is 1. The molecule has 0 fully saturated rings. The highest BCUT2D eigenvalue weighted by Gasteiger charge is 2.14. The minimum Gasteiger partial charge on any atom is -0.451 e. The van der Waals surface area contributed by atoms with Gasteiger partial charge in [-0.05, 0) is 54.6 Å². The number of fused-ring (bicyclic) bond motifs is 1. The molecule has 4 N–H and O–H groups in total. The van der Waals surface area contributed by atoms with E-state index < -0.39 is 11.7 Å². The first kappa shape index (κ1) is 20.2. The van der Waals surface area contributed by atoms with Crippen LogP contribution in [0.2, 0.25) is 5.02 Å². The topological polar surface area (TPSA) is 80.3 Å². The van der Waals surface area contributed by atoms with E-state index in [-0.39, 0.29) is 17.1 Å². The Morgan fingerprint density at radius 3 is 2.45 bits per heavy atom. The van der Waals surface area contributed by atoms with Crippen molar-refractivity contribution >= 4 is 45.5 Å². The van der Waals surface area contributed by atoms with E-state index in [1.165, 1.54) is 12.1 Å². The van der Waals surface area contributed by atoms with E-state index in [1.807, 2.05) is 49.5 Å². The van der Waals surface area contributed by atoms with Crippen molar-refractivity contribution < 1.29 is 13.6 Å². The Hall–Kier alpha value is -3.51. The van der Waals surface area contributed by atoms with Crippen LogP contribution in [-0.2, 0) is 0 Å². The van der Waals surface area contributed by atoms with Crippen molar-refractivity contribution in [2.24, 2.45) is 0 Å². The SMILES string of the molecule is CNc1ccc2oc(C(=O)Nc3cc(F)ccc3N)cc2c1.Clc1ccccc1. The number of nitrogen functional groups attached to an aromatic ring is 1. The van der Waals surface area contributed by atoms with E-state index in [2.05, 4.69) is 10.6 Å². The molecule has 0 atom stereocenters. The molecule has 0 saturated carbocycles. The monoisotopic (exact) mass is 411 g/mol. The molecular weight excluding hydrogens is 393 g/mol. The Bertz CT molecular complexity index is 1130. The van der Waals surface area contributed by atoms with E-state index in [0.29, 0.717) is 5.58 Å². The second-order valence-electron chi connectivity index (χ2n) is 6.09. The van der Waals surface area contributed by atoms with Crippen LogP contribution >= 0.6 is 11.6 Å². The lowest BCUT2D eigenvalue weighted by molar-refractivity contribution is 0.0999. The molecule has 0 saturated heterocycles. The fourth-order valence-electron chi connectivity index (χ4n) is 2.55. The number of halogens is 2. The average Bonchev–Trinajstić information content (AvgIpc) is 3.15. The molecule has 0 aliphatic rings. The lowest BCUT2D eigenvalue weighted by atomic mass is 10.2. The second kappa shape index (κ2) is 9.12. The second-order valence-corrected chi connectivity index (χ2v) is 6.53. The standard InChI is InChI=1S/C16H14FN3O2.C6H5Cl/c1-19-11-3-5-14-9(6-11)7-15(22-14)16(21)20-13-8-10(17)2-4-12(13)18;7-6-4-2-1-3-5-6/h2-8,19H,18H2,1H3,(H,20,21);1-5H. The number of nitrogens with one attached hydrogen (secondary N) is 2. The third kappa shape index (κ3) is 5.27. The number of nitrogens with two attached hydrogens (primary N) is 1. The smallest absolute Gasteiger partial charge is 0.291 e. The van der Waals surface area contributed by atoms with Gasteiger partial charge in [0.05, 0.1) is 11.4 Å². The molecule has 3 aromatic carbocycles. The molecule has 1 amide bonds. The summed E-state index contributed by atoms with van der Waals surface area (Å²) in [5, 5.41) is 7.14. The number of carbonyl (C=O) groups excluding carboxylic acids is 1. The maximum atomic E-state index is 13.2. The first-order chi connectivity index (χ1) is 14.0.